The number of aldehydes is 1. The highest BCUT2D eigenvalue weighted by molar-refractivity contribution is 5.85. The number of fused-ring (bicyclic) bond motifs is 1. The van der Waals surface area contributed by atoms with Gasteiger partial charge in [0.15, 0.2) is 0 Å². The van der Waals surface area contributed by atoms with Crippen molar-refractivity contribution in [1.82, 2.24) is 4.57 Å². The van der Waals surface area contributed by atoms with E-state index in [2.05, 4.69) is 0 Å². The number of benzene rings is 2. The van der Waals surface area contributed by atoms with Gasteiger partial charge in [-0.15, -0.1) is 0 Å². The molecule has 0 fully saturated rings. The zero-order chi connectivity index (χ0) is 14.8. The summed E-state index contributed by atoms with van der Waals surface area (Å²) in [7, 11) is 1.60. The Morgan fingerprint density at radius 3 is 2.71 bits per heavy atom. The molecule has 2 aromatic carbocycles. The molecule has 3 rings (SSSR count). The van der Waals surface area contributed by atoms with E-state index in [0.29, 0.717) is 5.69 Å². The summed E-state index contributed by atoms with van der Waals surface area (Å²) in [6.45, 7) is 0. The summed E-state index contributed by atoms with van der Waals surface area (Å²) >= 11 is 0. The van der Waals surface area contributed by atoms with E-state index in [1.54, 1.807) is 29.9 Å². The van der Waals surface area contributed by atoms with Crippen LogP contribution in [0.1, 0.15) is 5.69 Å². The van der Waals surface area contributed by atoms with Crippen LogP contribution in [0.3, 0.4) is 0 Å². The molecule has 0 bridgehead atoms. The second-order valence-corrected chi connectivity index (χ2v) is 4.72. The van der Waals surface area contributed by atoms with E-state index in [1.165, 1.54) is 6.07 Å². The lowest BCUT2D eigenvalue weighted by Crippen LogP contribution is -2.03. The maximum absolute atomic E-state index is 14.1. The minimum Gasteiger partial charge on any atom is -0.497 e. The van der Waals surface area contributed by atoms with Gasteiger partial charge in [-0.05, 0) is 36.4 Å². The molecule has 0 radical (unpaired) electrons. The summed E-state index contributed by atoms with van der Waals surface area (Å²) in [5.41, 5.74) is 2.03. The minimum absolute atomic E-state index is 0.228. The number of halogens is 1. The van der Waals surface area contributed by atoms with Gasteiger partial charge < -0.3 is 14.1 Å². The molecule has 3 aromatic rings. The van der Waals surface area contributed by atoms with Gasteiger partial charge >= 0.3 is 0 Å². The molecule has 1 aromatic heterocycles. The van der Waals surface area contributed by atoms with E-state index in [-0.39, 0.29) is 12.2 Å². The molecular weight excluding hydrogens is 269 g/mol. The van der Waals surface area contributed by atoms with Gasteiger partial charge in [0, 0.05) is 17.5 Å². The molecule has 0 aliphatic rings. The number of carbonyl (C=O) groups excluding carboxylic acids is 1. The molecular formula is C17H14FNO2. The average Bonchev–Trinajstić information content (AvgIpc) is 2.85. The lowest BCUT2D eigenvalue weighted by atomic mass is 10.2. The molecule has 0 aliphatic carbocycles. The van der Waals surface area contributed by atoms with Crippen LogP contribution < -0.4 is 4.74 Å². The van der Waals surface area contributed by atoms with Gasteiger partial charge in [-0.2, -0.15) is 0 Å². The lowest BCUT2D eigenvalue weighted by molar-refractivity contribution is -0.107. The summed E-state index contributed by atoms with van der Waals surface area (Å²) in [5, 5.41) is 0.912. The zero-order valence-electron chi connectivity index (χ0n) is 11.5. The molecule has 1 heterocycles. The lowest BCUT2D eigenvalue weighted by Gasteiger charge is -2.10. The summed E-state index contributed by atoms with van der Waals surface area (Å²) in [6, 6.07) is 14.0. The van der Waals surface area contributed by atoms with Crippen molar-refractivity contribution < 1.29 is 13.9 Å². The number of nitrogens with zero attached hydrogens (tertiary/aromatic N) is 1. The first-order chi connectivity index (χ1) is 10.2. The Morgan fingerprint density at radius 1 is 1.19 bits per heavy atom. The molecule has 3 nitrogen and oxygen atoms in total. The number of hydrogen-bond donors (Lipinski definition) is 0. The number of aromatic nitrogens is 1. The second-order valence-electron chi connectivity index (χ2n) is 4.72. The van der Waals surface area contributed by atoms with Crippen molar-refractivity contribution in [2.24, 2.45) is 0 Å². The van der Waals surface area contributed by atoms with Crippen molar-refractivity contribution >= 4 is 17.2 Å². The quantitative estimate of drug-likeness (QED) is 0.686. The maximum atomic E-state index is 14.1. The molecule has 0 unspecified atom stereocenters. The number of ether oxygens (including phenoxy) is 1. The molecule has 106 valence electrons. The zero-order valence-corrected chi connectivity index (χ0v) is 11.5. The van der Waals surface area contributed by atoms with Crippen molar-refractivity contribution in [3.05, 3.63) is 60.0 Å². The van der Waals surface area contributed by atoms with E-state index < -0.39 is 0 Å². The third-order valence-corrected chi connectivity index (χ3v) is 3.47. The van der Waals surface area contributed by atoms with Gasteiger partial charge in [-0.1, -0.05) is 12.1 Å². The fraction of sp³-hybridized carbons (Fsp3) is 0.118. The highest BCUT2D eigenvalue weighted by Gasteiger charge is 2.13. The second kappa shape index (κ2) is 5.40. The first-order valence-corrected chi connectivity index (χ1v) is 6.61. The highest BCUT2D eigenvalue weighted by atomic mass is 19.1. The normalized spacial score (nSPS) is 10.8. The minimum atomic E-state index is -0.321. The van der Waals surface area contributed by atoms with Gasteiger partial charge in [0.25, 0.3) is 0 Å². The molecule has 0 amide bonds. The third-order valence-electron chi connectivity index (χ3n) is 3.47. The molecule has 21 heavy (non-hydrogen) atoms. The van der Waals surface area contributed by atoms with Gasteiger partial charge in [-0.3, -0.25) is 0 Å². The van der Waals surface area contributed by atoms with Crippen LogP contribution in [0, 0.1) is 5.82 Å². The van der Waals surface area contributed by atoms with Crippen molar-refractivity contribution in [3.8, 4) is 11.4 Å². The predicted molar refractivity (Wildman–Crippen MR) is 79.6 cm³/mol. The Bertz CT molecular complexity index is 808. The largest absolute Gasteiger partial charge is 0.497 e. The smallest absolute Gasteiger partial charge is 0.147 e. The molecule has 0 saturated heterocycles. The molecule has 0 atom stereocenters. The highest BCUT2D eigenvalue weighted by Crippen LogP contribution is 2.28. The van der Waals surface area contributed by atoms with E-state index >= 15 is 0 Å². The standard InChI is InChI=1S/C17H14FNO2/c1-21-14-6-7-16-12(11-14)10-13(8-9-20)19(16)17-5-3-2-4-15(17)18/h2-7,9-11H,8H2,1H3. The SMILES string of the molecule is COc1ccc2c(c1)cc(CC=O)n2-c1ccccc1F. The predicted octanol–water partition coefficient (Wildman–Crippen LogP) is 3.52. The number of methoxy groups -OCH3 is 1. The monoisotopic (exact) mass is 283 g/mol. The Hall–Kier alpha value is -2.62. The van der Waals surface area contributed by atoms with Gasteiger partial charge in [0.1, 0.15) is 17.9 Å². The van der Waals surface area contributed by atoms with Crippen LogP contribution in [0.15, 0.2) is 48.5 Å². The van der Waals surface area contributed by atoms with Crippen LogP contribution in [0.4, 0.5) is 4.39 Å². The topological polar surface area (TPSA) is 31.2 Å². The van der Waals surface area contributed by atoms with E-state index in [0.717, 1.165) is 28.6 Å². The Balaban J connectivity index is 2.31. The fourth-order valence-corrected chi connectivity index (χ4v) is 2.53. The van der Waals surface area contributed by atoms with Crippen LogP contribution in [0.25, 0.3) is 16.6 Å². The molecule has 0 saturated carbocycles. The van der Waals surface area contributed by atoms with Gasteiger partial charge in [-0.25, -0.2) is 4.39 Å². The van der Waals surface area contributed by atoms with Crippen LogP contribution in [0.5, 0.6) is 5.75 Å². The van der Waals surface area contributed by atoms with E-state index in [1.807, 2.05) is 24.3 Å². The maximum Gasteiger partial charge on any atom is 0.147 e. The molecule has 4 heteroatoms. The molecule has 0 N–H and O–H groups in total. The number of para-hydroxylation sites is 1. The Morgan fingerprint density at radius 2 is 2.00 bits per heavy atom. The summed E-state index contributed by atoms with van der Waals surface area (Å²) in [6.07, 6.45) is 1.05. The summed E-state index contributed by atoms with van der Waals surface area (Å²) in [4.78, 5) is 10.9. The van der Waals surface area contributed by atoms with E-state index in [4.69, 9.17) is 4.74 Å². The van der Waals surface area contributed by atoms with Crippen molar-refractivity contribution in [2.75, 3.05) is 7.11 Å². The first-order valence-electron chi connectivity index (χ1n) is 6.61. The van der Waals surface area contributed by atoms with Gasteiger partial charge in [0.05, 0.1) is 18.3 Å². The average molecular weight is 283 g/mol. The van der Waals surface area contributed by atoms with Crippen molar-refractivity contribution in [1.29, 1.82) is 0 Å². The fourth-order valence-electron chi connectivity index (χ4n) is 2.53. The summed E-state index contributed by atoms with van der Waals surface area (Å²) < 4.78 is 21.1. The number of hydrogen-bond acceptors (Lipinski definition) is 2. The Kier molecular flexibility index (Phi) is 3.44. The number of carbonyl (C=O) groups is 1. The number of rotatable bonds is 4. The third kappa shape index (κ3) is 2.29. The van der Waals surface area contributed by atoms with Crippen LogP contribution in [-0.2, 0) is 11.2 Å². The molecule has 0 aliphatic heterocycles. The van der Waals surface area contributed by atoms with Crippen LogP contribution >= 0.6 is 0 Å². The van der Waals surface area contributed by atoms with Crippen LogP contribution in [0.2, 0.25) is 0 Å². The van der Waals surface area contributed by atoms with Crippen LogP contribution in [-0.4, -0.2) is 18.0 Å². The van der Waals surface area contributed by atoms with Crippen molar-refractivity contribution in [2.45, 2.75) is 6.42 Å². The summed E-state index contributed by atoms with van der Waals surface area (Å²) in [5.74, 6) is 0.406. The van der Waals surface area contributed by atoms with E-state index in [9.17, 15) is 9.18 Å². The molecule has 0 spiro atoms. The Labute approximate surface area is 121 Å². The first kappa shape index (κ1) is 13.4. The van der Waals surface area contributed by atoms with Crippen molar-refractivity contribution in [3.63, 3.8) is 0 Å². The van der Waals surface area contributed by atoms with Gasteiger partial charge in [0.2, 0.25) is 0 Å².